The van der Waals surface area contributed by atoms with Crippen LogP contribution in [0.1, 0.15) is 10.4 Å². The molecule has 3 rings (SSSR count). The minimum absolute atomic E-state index is 0.00747. The molecule has 3 aromatic rings. The van der Waals surface area contributed by atoms with E-state index in [9.17, 15) is 28.1 Å². The van der Waals surface area contributed by atoms with Crippen LogP contribution in [0.25, 0.3) is 0 Å². The number of amides is 3. The van der Waals surface area contributed by atoms with Gasteiger partial charge in [-0.3, -0.25) is 14.9 Å². The van der Waals surface area contributed by atoms with Crippen molar-refractivity contribution >= 4 is 39.0 Å². The standard InChI is InChI=1S/C22H21N5O6S/c28-21(23-13-14-24-34(32,33)20-8-4-7-19(15-20)27(30)31)16-9-11-18(12-10-16)26-22(29)25-17-5-2-1-3-6-17/h1-12,15,24H,13-14H2,(H,23,28)(H2,25,26,29). The van der Waals surface area contributed by atoms with Gasteiger partial charge in [0.05, 0.1) is 9.82 Å². The van der Waals surface area contributed by atoms with E-state index in [0.29, 0.717) is 16.9 Å². The van der Waals surface area contributed by atoms with Crippen LogP contribution in [0.5, 0.6) is 0 Å². The summed E-state index contributed by atoms with van der Waals surface area (Å²) in [6.07, 6.45) is 0. The van der Waals surface area contributed by atoms with Crippen LogP contribution in [0, 0.1) is 10.1 Å². The summed E-state index contributed by atoms with van der Waals surface area (Å²) in [6, 6.07) is 19.3. The number of sulfonamides is 1. The monoisotopic (exact) mass is 483 g/mol. The third-order valence-corrected chi connectivity index (χ3v) is 5.94. The van der Waals surface area contributed by atoms with Gasteiger partial charge in [-0.05, 0) is 42.5 Å². The SMILES string of the molecule is O=C(Nc1ccccc1)Nc1ccc(C(=O)NCCNS(=O)(=O)c2cccc([N+](=O)[O-])c2)cc1. The zero-order chi connectivity index (χ0) is 24.6. The Bertz CT molecular complexity index is 1280. The molecule has 12 heteroatoms. The molecule has 0 atom stereocenters. The Hall–Kier alpha value is -4.29. The topological polar surface area (TPSA) is 160 Å². The van der Waals surface area contributed by atoms with E-state index in [1.165, 1.54) is 30.3 Å². The molecular formula is C22H21N5O6S. The summed E-state index contributed by atoms with van der Waals surface area (Å²) in [5, 5.41) is 18.7. The number of para-hydroxylation sites is 1. The van der Waals surface area contributed by atoms with Crippen molar-refractivity contribution in [1.29, 1.82) is 0 Å². The Kier molecular flexibility index (Phi) is 7.90. The third-order valence-electron chi connectivity index (χ3n) is 4.48. The van der Waals surface area contributed by atoms with E-state index < -0.39 is 26.9 Å². The molecule has 0 saturated carbocycles. The van der Waals surface area contributed by atoms with Gasteiger partial charge in [-0.2, -0.15) is 0 Å². The van der Waals surface area contributed by atoms with E-state index in [1.807, 2.05) is 6.07 Å². The van der Waals surface area contributed by atoms with Crippen molar-refractivity contribution in [2.24, 2.45) is 0 Å². The number of nitro groups is 1. The number of benzene rings is 3. The van der Waals surface area contributed by atoms with Crippen LogP contribution in [0.4, 0.5) is 21.9 Å². The molecule has 34 heavy (non-hydrogen) atoms. The minimum atomic E-state index is -3.97. The van der Waals surface area contributed by atoms with E-state index in [4.69, 9.17) is 0 Å². The van der Waals surface area contributed by atoms with E-state index in [1.54, 1.807) is 36.4 Å². The normalized spacial score (nSPS) is 10.8. The summed E-state index contributed by atoms with van der Waals surface area (Å²) in [5.74, 6) is -0.435. The molecule has 0 unspecified atom stereocenters. The van der Waals surface area contributed by atoms with Gasteiger partial charge in [0.25, 0.3) is 11.6 Å². The second-order valence-electron chi connectivity index (χ2n) is 6.93. The third kappa shape index (κ3) is 6.85. The Morgan fingerprint density at radius 3 is 2.12 bits per heavy atom. The summed E-state index contributed by atoms with van der Waals surface area (Å²) in [7, 11) is -3.97. The Morgan fingerprint density at radius 2 is 1.47 bits per heavy atom. The first kappa shape index (κ1) is 24.4. The molecule has 0 saturated heterocycles. The number of nitro benzene ring substituents is 1. The lowest BCUT2D eigenvalue weighted by Gasteiger charge is -2.10. The van der Waals surface area contributed by atoms with Crippen molar-refractivity contribution in [2.75, 3.05) is 23.7 Å². The predicted octanol–water partition coefficient (Wildman–Crippen LogP) is 2.95. The largest absolute Gasteiger partial charge is 0.351 e. The zero-order valence-electron chi connectivity index (χ0n) is 17.7. The van der Waals surface area contributed by atoms with Crippen molar-refractivity contribution in [3.8, 4) is 0 Å². The van der Waals surface area contributed by atoms with E-state index in [2.05, 4.69) is 20.7 Å². The molecule has 0 aliphatic carbocycles. The summed E-state index contributed by atoms with van der Waals surface area (Å²) in [4.78, 5) is 34.2. The van der Waals surface area contributed by atoms with Crippen molar-refractivity contribution < 1.29 is 22.9 Å². The predicted molar refractivity (Wildman–Crippen MR) is 126 cm³/mol. The van der Waals surface area contributed by atoms with E-state index >= 15 is 0 Å². The van der Waals surface area contributed by atoms with Gasteiger partial charge < -0.3 is 16.0 Å². The van der Waals surface area contributed by atoms with Crippen molar-refractivity contribution in [1.82, 2.24) is 10.0 Å². The summed E-state index contributed by atoms with van der Waals surface area (Å²) < 4.78 is 26.8. The molecule has 0 aromatic heterocycles. The highest BCUT2D eigenvalue weighted by Gasteiger charge is 2.17. The second kappa shape index (κ2) is 11.0. The molecule has 0 radical (unpaired) electrons. The molecule has 3 aromatic carbocycles. The highest BCUT2D eigenvalue weighted by atomic mass is 32.2. The van der Waals surface area contributed by atoms with Gasteiger partial charge in [0.1, 0.15) is 0 Å². The number of carbonyl (C=O) groups excluding carboxylic acids is 2. The Labute approximate surface area is 195 Å². The van der Waals surface area contributed by atoms with Crippen LogP contribution >= 0.6 is 0 Å². The van der Waals surface area contributed by atoms with Gasteiger partial charge in [-0.15, -0.1) is 0 Å². The Morgan fingerprint density at radius 1 is 0.824 bits per heavy atom. The van der Waals surface area contributed by atoms with Crippen LogP contribution in [0.15, 0.2) is 83.8 Å². The second-order valence-corrected chi connectivity index (χ2v) is 8.70. The number of urea groups is 1. The number of nitrogens with one attached hydrogen (secondary N) is 4. The molecule has 0 spiro atoms. The van der Waals surface area contributed by atoms with Crippen molar-refractivity contribution in [2.45, 2.75) is 4.90 Å². The van der Waals surface area contributed by atoms with E-state index in [0.717, 1.165) is 6.07 Å². The number of hydrogen-bond acceptors (Lipinski definition) is 6. The maximum atomic E-state index is 12.3. The molecule has 0 bridgehead atoms. The molecule has 11 nitrogen and oxygen atoms in total. The van der Waals surface area contributed by atoms with Crippen molar-refractivity contribution in [3.63, 3.8) is 0 Å². The fourth-order valence-electron chi connectivity index (χ4n) is 2.83. The quantitative estimate of drug-likeness (QED) is 0.208. The van der Waals surface area contributed by atoms with Gasteiger partial charge in [0.15, 0.2) is 0 Å². The van der Waals surface area contributed by atoms with Gasteiger partial charge in [-0.1, -0.05) is 24.3 Å². The minimum Gasteiger partial charge on any atom is -0.351 e. The van der Waals surface area contributed by atoms with Crippen LogP contribution in [0.3, 0.4) is 0 Å². The number of anilines is 2. The van der Waals surface area contributed by atoms with Crippen molar-refractivity contribution in [3.05, 3.63) is 94.5 Å². The van der Waals surface area contributed by atoms with Crippen LogP contribution in [-0.2, 0) is 10.0 Å². The maximum absolute atomic E-state index is 12.3. The maximum Gasteiger partial charge on any atom is 0.323 e. The highest BCUT2D eigenvalue weighted by molar-refractivity contribution is 7.89. The summed E-state index contributed by atoms with van der Waals surface area (Å²) in [6.45, 7) is -0.122. The molecule has 3 amide bonds. The molecule has 0 fully saturated rings. The number of carbonyl (C=O) groups is 2. The van der Waals surface area contributed by atoms with Crippen LogP contribution in [0.2, 0.25) is 0 Å². The first-order valence-corrected chi connectivity index (χ1v) is 11.5. The van der Waals surface area contributed by atoms with Gasteiger partial charge in [0, 0.05) is 42.2 Å². The fourth-order valence-corrected chi connectivity index (χ4v) is 3.90. The summed E-state index contributed by atoms with van der Waals surface area (Å²) in [5.41, 5.74) is 1.09. The van der Waals surface area contributed by atoms with Crippen LogP contribution in [-0.4, -0.2) is 38.4 Å². The first-order chi connectivity index (χ1) is 16.2. The fraction of sp³-hybridized carbons (Fsp3) is 0.0909. The van der Waals surface area contributed by atoms with E-state index in [-0.39, 0.29) is 23.7 Å². The molecule has 0 aliphatic heterocycles. The van der Waals surface area contributed by atoms with Gasteiger partial charge >= 0.3 is 6.03 Å². The smallest absolute Gasteiger partial charge is 0.323 e. The average molecular weight is 484 g/mol. The molecular weight excluding hydrogens is 462 g/mol. The lowest BCUT2D eigenvalue weighted by molar-refractivity contribution is -0.385. The molecule has 4 N–H and O–H groups in total. The zero-order valence-corrected chi connectivity index (χ0v) is 18.5. The lowest BCUT2D eigenvalue weighted by atomic mass is 10.2. The molecule has 0 heterocycles. The number of hydrogen-bond donors (Lipinski definition) is 4. The average Bonchev–Trinajstić information content (AvgIpc) is 2.83. The number of nitrogens with zero attached hydrogens (tertiary/aromatic N) is 1. The summed E-state index contributed by atoms with van der Waals surface area (Å²) >= 11 is 0. The number of non-ortho nitro benzene ring substituents is 1. The molecule has 0 aliphatic rings. The number of rotatable bonds is 9. The Balaban J connectivity index is 1.46. The van der Waals surface area contributed by atoms with Gasteiger partial charge in [-0.25, -0.2) is 17.9 Å². The van der Waals surface area contributed by atoms with Crippen LogP contribution < -0.4 is 20.7 Å². The highest BCUT2D eigenvalue weighted by Crippen LogP contribution is 2.17. The van der Waals surface area contributed by atoms with Gasteiger partial charge in [0.2, 0.25) is 10.0 Å². The molecule has 176 valence electrons. The lowest BCUT2D eigenvalue weighted by Crippen LogP contribution is -2.34. The first-order valence-electron chi connectivity index (χ1n) is 10.00.